The molecule has 35 heavy (non-hydrogen) atoms. The van der Waals surface area contributed by atoms with Gasteiger partial charge in [0.05, 0.1) is 36.8 Å². The SMILES string of the molecule is COc1ncnc(C2CC2)c1-c1cnc2c(n1)N(Cc1ccc(N3CCC(C)(C)C3)nc1)CCO2. The molecule has 1 saturated carbocycles. The van der Waals surface area contributed by atoms with Crippen molar-refractivity contribution in [2.45, 2.75) is 45.6 Å². The zero-order valence-electron chi connectivity index (χ0n) is 20.6. The molecule has 2 aliphatic heterocycles. The van der Waals surface area contributed by atoms with Crippen molar-refractivity contribution in [3.8, 4) is 23.0 Å². The number of ether oxygens (including phenoxy) is 2. The van der Waals surface area contributed by atoms with Crippen molar-refractivity contribution >= 4 is 11.6 Å². The van der Waals surface area contributed by atoms with Crippen molar-refractivity contribution in [1.29, 1.82) is 0 Å². The molecule has 9 nitrogen and oxygen atoms in total. The van der Waals surface area contributed by atoms with Gasteiger partial charge in [0.1, 0.15) is 18.8 Å². The normalized spacial score (nSPS) is 18.8. The topological polar surface area (TPSA) is 89.4 Å². The van der Waals surface area contributed by atoms with Crippen LogP contribution in [0.15, 0.2) is 30.9 Å². The summed E-state index contributed by atoms with van der Waals surface area (Å²) in [6, 6.07) is 4.30. The van der Waals surface area contributed by atoms with E-state index in [1.807, 2.05) is 6.20 Å². The summed E-state index contributed by atoms with van der Waals surface area (Å²) >= 11 is 0. The summed E-state index contributed by atoms with van der Waals surface area (Å²) in [5.41, 5.74) is 4.01. The first kappa shape index (κ1) is 22.0. The molecular formula is C26H31N7O2. The number of hydrogen-bond donors (Lipinski definition) is 0. The molecule has 0 N–H and O–H groups in total. The molecule has 0 unspecified atom stereocenters. The van der Waals surface area contributed by atoms with Gasteiger partial charge in [0.15, 0.2) is 5.82 Å². The van der Waals surface area contributed by atoms with E-state index in [9.17, 15) is 0 Å². The number of fused-ring (bicyclic) bond motifs is 1. The van der Waals surface area contributed by atoms with Crippen molar-refractivity contribution < 1.29 is 9.47 Å². The van der Waals surface area contributed by atoms with E-state index in [4.69, 9.17) is 19.4 Å². The second-order valence-electron chi connectivity index (χ2n) is 10.4. The minimum atomic E-state index is 0.347. The molecule has 1 aliphatic carbocycles. The fraction of sp³-hybridized carbons (Fsp3) is 0.500. The number of methoxy groups -OCH3 is 1. The van der Waals surface area contributed by atoms with Gasteiger partial charge in [-0.15, -0.1) is 0 Å². The second kappa shape index (κ2) is 8.62. The lowest BCUT2D eigenvalue weighted by molar-refractivity contribution is 0.292. The largest absolute Gasteiger partial charge is 0.480 e. The van der Waals surface area contributed by atoms with Crippen LogP contribution in [0.3, 0.4) is 0 Å². The van der Waals surface area contributed by atoms with Crippen LogP contribution >= 0.6 is 0 Å². The molecule has 0 aromatic carbocycles. The van der Waals surface area contributed by atoms with Crippen LogP contribution in [0, 0.1) is 5.41 Å². The van der Waals surface area contributed by atoms with Crippen molar-refractivity contribution in [2.75, 3.05) is 43.2 Å². The predicted molar refractivity (Wildman–Crippen MR) is 133 cm³/mol. The van der Waals surface area contributed by atoms with Gasteiger partial charge in [0.2, 0.25) is 5.88 Å². The molecule has 182 valence electrons. The van der Waals surface area contributed by atoms with Crippen LogP contribution in [0.2, 0.25) is 0 Å². The van der Waals surface area contributed by atoms with Crippen LogP contribution in [0.25, 0.3) is 11.3 Å². The molecule has 1 saturated heterocycles. The van der Waals surface area contributed by atoms with Gasteiger partial charge >= 0.3 is 0 Å². The second-order valence-corrected chi connectivity index (χ2v) is 10.4. The van der Waals surface area contributed by atoms with Gasteiger partial charge in [-0.25, -0.2) is 24.9 Å². The zero-order valence-corrected chi connectivity index (χ0v) is 20.6. The molecule has 0 spiro atoms. The van der Waals surface area contributed by atoms with Crippen molar-refractivity contribution in [3.63, 3.8) is 0 Å². The fourth-order valence-electron chi connectivity index (χ4n) is 4.98. The molecule has 3 aromatic heterocycles. The Kier molecular flexibility index (Phi) is 5.42. The van der Waals surface area contributed by atoms with Crippen LogP contribution in [0.1, 0.15) is 50.3 Å². The summed E-state index contributed by atoms with van der Waals surface area (Å²) in [7, 11) is 1.63. The van der Waals surface area contributed by atoms with Gasteiger partial charge in [0, 0.05) is 31.7 Å². The van der Waals surface area contributed by atoms with Crippen molar-refractivity contribution in [2.24, 2.45) is 5.41 Å². The predicted octanol–water partition coefficient (Wildman–Crippen LogP) is 3.85. The number of rotatable bonds is 6. The molecule has 0 bridgehead atoms. The average Bonchev–Trinajstić information content (AvgIpc) is 3.66. The van der Waals surface area contributed by atoms with Crippen LogP contribution < -0.4 is 19.3 Å². The van der Waals surface area contributed by atoms with E-state index in [1.54, 1.807) is 19.6 Å². The third-order valence-corrected chi connectivity index (χ3v) is 7.06. The van der Waals surface area contributed by atoms with Crippen LogP contribution in [-0.2, 0) is 6.54 Å². The maximum atomic E-state index is 5.83. The molecule has 0 amide bonds. The van der Waals surface area contributed by atoms with E-state index in [-0.39, 0.29) is 0 Å². The molecular weight excluding hydrogens is 442 g/mol. The Morgan fingerprint density at radius 2 is 1.97 bits per heavy atom. The Morgan fingerprint density at radius 1 is 1.09 bits per heavy atom. The van der Waals surface area contributed by atoms with E-state index >= 15 is 0 Å². The van der Waals surface area contributed by atoms with E-state index in [0.717, 1.165) is 60.9 Å². The molecule has 0 radical (unpaired) electrons. The van der Waals surface area contributed by atoms with E-state index < -0.39 is 0 Å². The third kappa shape index (κ3) is 4.35. The fourth-order valence-corrected chi connectivity index (χ4v) is 4.98. The Bertz CT molecular complexity index is 1230. The monoisotopic (exact) mass is 473 g/mol. The number of pyridine rings is 1. The smallest absolute Gasteiger partial charge is 0.257 e. The maximum Gasteiger partial charge on any atom is 0.257 e. The summed E-state index contributed by atoms with van der Waals surface area (Å²) in [5, 5.41) is 0. The first-order chi connectivity index (χ1) is 17.0. The Labute approximate surface area is 205 Å². The quantitative estimate of drug-likeness (QED) is 0.529. The van der Waals surface area contributed by atoms with Gasteiger partial charge < -0.3 is 19.3 Å². The van der Waals surface area contributed by atoms with E-state index in [0.29, 0.717) is 41.9 Å². The highest BCUT2D eigenvalue weighted by Crippen LogP contribution is 2.45. The van der Waals surface area contributed by atoms with Crippen LogP contribution in [-0.4, -0.2) is 58.3 Å². The molecule has 0 atom stereocenters. The number of nitrogens with zero attached hydrogens (tertiary/aromatic N) is 7. The first-order valence-electron chi connectivity index (χ1n) is 12.3. The first-order valence-corrected chi connectivity index (χ1v) is 12.3. The lowest BCUT2D eigenvalue weighted by Crippen LogP contribution is -2.33. The maximum absolute atomic E-state index is 5.83. The summed E-state index contributed by atoms with van der Waals surface area (Å²) in [6.45, 7) is 8.72. The molecule has 3 aliphatic rings. The summed E-state index contributed by atoms with van der Waals surface area (Å²) in [5.74, 6) is 3.29. The van der Waals surface area contributed by atoms with Crippen LogP contribution in [0.5, 0.6) is 11.8 Å². The standard InChI is InChI=1S/C26H31N7O2/c1-26(2)8-9-33(15-26)20-7-4-17(12-27-20)14-32-10-11-35-25-23(32)31-19(13-28-25)21-22(18-5-6-18)29-16-30-24(21)34-3/h4,7,12-13,16,18H,5-6,8-11,14-15H2,1-3H3. The van der Waals surface area contributed by atoms with E-state index in [1.165, 1.54) is 6.42 Å². The lowest BCUT2D eigenvalue weighted by atomic mass is 9.93. The van der Waals surface area contributed by atoms with Gasteiger partial charge in [-0.3, -0.25) is 0 Å². The summed E-state index contributed by atoms with van der Waals surface area (Å²) < 4.78 is 11.4. The van der Waals surface area contributed by atoms with E-state index in [2.05, 4.69) is 50.7 Å². The highest BCUT2D eigenvalue weighted by atomic mass is 16.5. The Balaban J connectivity index is 1.27. The molecule has 2 fully saturated rings. The zero-order chi connectivity index (χ0) is 24.0. The minimum Gasteiger partial charge on any atom is -0.480 e. The molecule has 3 aromatic rings. The molecule has 6 rings (SSSR count). The van der Waals surface area contributed by atoms with Crippen LogP contribution in [0.4, 0.5) is 11.6 Å². The third-order valence-electron chi connectivity index (χ3n) is 7.06. The highest BCUT2D eigenvalue weighted by Gasteiger charge is 2.32. The van der Waals surface area contributed by atoms with Gasteiger partial charge in [-0.05, 0) is 36.3 Å². The number of aromatic nitrogens is 5. The summed E-state index contributed by atoms with van der Waals surface area (Å²) in [6.07, 6.45) is 8.73. The van der Waals surface area contributed by atoms with Gasteiger partial charge in [0.25, 0.3) is 5.88 Å². The highest BCUT2D eigenvalue weighted by molar-refractivity contribution is 5.70. The van der Waals surface area contributed by atoms with Gasteiger partial charge in [-0.2, -0.15) is 0 Å². The lowest BCUT2D eigenvalue weighted by Gasteiger charge is -2.29. The minimum absolute atomic E-state index is 0.347. The summed E-state index contributed by atoms with van der Waals surface area (Å²) in [4.78, 5) is 27.8. The number of hydrogen-bond acceptors (Lipinski definition) is 9. The number of anilines is 2. The van der Waals surface area contributed by atoms with Crippen molar-refractivity contribution in [3.05, 3.63) is 42.1 Å². The van der Waals surface area contributed by atoms with Gasteiger partial charge in [-0.1, -0.05) is 19.9 Å². The average molecular weight is 474 g/mol. The Morgan fingerprint density at radius 3 is 2.69 bits per heavy atom. The van der Waals surface area contributed by atoms with Crippen molar-refractivity contribution in [1.82, 2.24) is 24.9 Å². The Hall–Kier alpha value is -3.49. The molecule has 9 heteroatoms. The molecule has 5 heterocycles.